The Bertz CT molecular complexity index is 876. The van der Waals surface area contributed by atoms with Crippen LogP contribution in [0.3, 0.4) is 0 Å². The maximum absolute atomic E-state index is 13.1. The number of hydrogen-bond acceptors (Lipinski definition) is 5. The molecule has 2 aromatic rings. The van der Waals surface area contributed by atoms with Gasteiger partial charge in [-0.3, -0.25) is 24.6 Å². The average molecular weight is 419 g/mol. The Morgan fingerprint density at radius 1 is 1.17 bits per heavy atom. The molecule has 9 heteroatoms. The van der Waals surface area contributed by atoms with E-state index in [1.807, 2.05) is 32.0 Å². The number of nitrogens with zero attached hydrogens (tertiary/aromatic N) is 2. The van der Waals surface area contributed by atoms with E-state index in [1.165, 1.54) is 18.2 Å². The lowest BCUT2D eigenvalue weighted by molar-refractivity contribution is -0.384. The van der Waals surface area contributed by atoms with Gasteiger partial charge in [0.25, 0.3) is 5.69 Å². The summed E-state index contributed by atoms with van der Waals surface area (Å²) < 4.78 is 0. The Labute approximate surface area is 174 Å². The van der Waals surface area contributed by atoms with Crippen molar-refractivity contribution < 1.29 is 14.5 Å². The zero-order valence-corrected chi connectivity index (χ0v) is 17.0. The van der Waals surface area contributed by atoms with Gasteiger partial charge in [0, 0.05) is 18.3 Å². The van der Waals surface area contributed by atoms with Gasteiger partial charge in [0.2, 0.25) is 11.8 Å². The predicted octanol–water partition coefficient (Wildman–Crippen LogP) is 3.39. The van der Waals surface area contributed by atoms with Gasteiger partial charge in [0.15, 0.2) is 0 Å². The van der Waals surface area contributed by atoms with Crippen molar-refractivity contribution in [3.05, 3.63) is 69.2 Å². The highest BCUT2D eigenvalue weighted by atomic mass is 35.5. The van der Waals surface area contributed by atoms with E-state index in [9.17, 15) is 19.7 Å². The average Bonchev–Trinajstić information content (AvgIpc) is 2.69. The Morgan fingerprint density at radius 3 is 2.45 bits per heavy atom. The fraction of sp³-hybridized carbons (Fsp3) is 0.300. The Morgan fingerprint density at radius 2 is 1.86 bits per heavy atom. The van der Waals surface area contributed by atoms with Crippen LogP contribution in [0.2, 0.25) is 5.02 Å². The van der Waals surface area contributed by atoms with E-state index < -0.39 is 16.9 Å². The van der Waals surface area contributed by atoms with Crippen molar-refractivity contribution >= 4 is 34.8 Å². The van der Waals surface area contributed by atoms with Gasteiger partial charge < -0.3 is 10.6 Å². The summed E-state index contributed by atoms with van der Waals surface area (Å²) in [4.78, 5) is 37.5. The van der Waals surface area contributed by atoms with Crippen LogP contribution in [0.5, 0.6) is 0 Å². The molecule has 29 heavy (non-hydrogen) atoms. The van der Waals surface area contributed by atoms with Gasteiger partial charge in [0.05, 0.1) is 11.5 Å². The van der Waals surface area contributed by atoms with Gasteiger partial charge in [-0.25, -0.2) is 0 Å². The van der Waals surface area contributed by atoms with E-state index in [2.05, 4.69) is 10.6 Å². The number of nitrogens with one attached hydrogen (secondary N) is 2. The third-order valence-corrected chi connectivity index (χ3v) is 4.59. The van der Waals surface area contributed by atoms with Crippen molar-refractivity contribution in [2.75, 3.05) is 25.0 Å². The zero-order valence-electron chi connectivity index (χ0n) is 16.2. The van der Waals surface area contributed by atoms with Gasteiger partial charge in [-0.15, -0.1) is 0 Å². The number of nitro benzene ring substituents is 1. The highest BCUT2D eigenvalue weighted by molar-refractivity contribution is 6.32. The van der Waals surface area contributed by atoms with Gasteiger partial charge in [0.1, 0.15) is 11.1 Å². The Hall–Kier alpha value is -2.97. The number of hydrogen-bond donors (Lipinski definition) is 2. The van der Waals surface area contributed by atoms with Gasteiger partial charge in [-0.1, -0.05) is 48.9 Å². The number of carbonyl (C=O) groups is 2. The number of benzene rings is 2. The second-order valence-corrected chi connectivity index (χ2v) is 6.65. The summed E-state index contributed by atoms with van der Waals surface area (Å²) in [6.07, 6.45) is 0. The van der Waals surface area contributed by atoms with Crippen LogP contribution in [0.1, 0.15) is 25.5 Å². The topological polar surface area (TPSA) is 105 Å². The molecule has 0 saturated carbocycles. The van der Waals surface area contributed by atoms with Crippen LogP contribution in [0.4, 0.5) is 11.4 Å². The minimum Gasteiger partial charge on any atom is -0.355 e. The number of nitro groups is 1. The molecule has 0 fully saturated rings. The first-order chi connectivity index (χ1) is 13.9. The molecule has 1 atom stereocenters. The van der Waals surface area contributed by atoms with Crippen LogP contribution in [-0.2, 0) is 9.59 Å². The van der Waals surface area contributed by atoms with E-state index in [-0.39, 0.29) is 28.8 Å². The first-order valence-electron chi connectivity index (χ1n) is 9.17. The van der Waals surface area contributed by atoms with Crippen LogP contribution in [0.25, 0.3) is 0 Å². The van der Waals surface area contributed by atoms with Crippen LogP contribution in [-0.4, -0.2) is 41.3 Å². The first-order valence-corrected chi connectivity index (χ1v) is 9.55. The molecule has 0 heterocycles. The maximum atomic E-state index is 13.1. The van der Waals surface area contributed by atoms with Crippen molar-refractivity contribution in [3.8, 4) is 0 Å². The molecular formula is C20H23ClN4O4. The maximum Gasteiger partial charge on any atom is 0.289 e. The van der Waals surface area contributed by atoms with Gasteiger partial charge >= 0.3 is 0 Å². The van der Waals surface area contributed by atoms with Crippen molar-refractivity contribution in [2.45, 2.75) is 19.9 Å². The van der Waals surface area contributed by atoms with Gasteiger partial charge in [-0.05, 0) is 31.2 Å². The second-order valence-electron chi connectivity index (χ2n) is 6.24. The van der Waals surface area contributed by atoms with E-state index in [1.54, 1.807) is 17.0 Å². The molecule has 0 aliphatic carbocycles. The molecule has 2 aromatic carbocycles. The van der Waals surface area contributed by atoms with E-state index in [0.29, 0.717) is 18.7 Å². The van der Waals surface area contributed by atoms with Gasteiger partial charge in [-0.2, -0.15) is 0 Å². The number of amides is 2. The molecule has 8 nitrogen and oxygen atoms in total. The summed E-state index contributed by atoms with van der Waals surface area (Å²) in [6, 6.07) is 12.4. The Balaban J connectivity index is 2.33. The smallest absolute Gasteiger partial charge is 0.289 e. The fourth-order valence-electron chi connectivity index (χ4n) is 2.93. The normalized spacial score (nSPS) is 11.7. The van der Waals surface area contributed by atoms with E-state index in [4.69, 9.17) is 11.6 Å². The minimum absolute atomic E-state index is 0.0148. The third kappa shape index (κ3) is 6.00. The Kier molecular flexibility index (Phi) is 8.11. The number of halogens is 1. The lowest BCUT2D eigenvalue weighted by Gasteiger charge is -2.29. The van der Waals surface area contributed by atoms with E-state index in [0.717, 1.165) is 0 Å². The second kappa shape index (κ2) is 10.5. The summed E-state index contributed by atoms with van der Waals surface area (Å²) in [5.74, 6) is -0.593. The molecule has 2 N–H and O–H groups in total. The number of anilines is 1. The minimum atomic E-state index is -0.751. The molecule has 0 saturated heterocycles. The number of rotatable bonds is 9. The van der Waals surface area contributed by atoms with E-state index >= 15 is 0 Å². The lowest BCUT2D eigenvalue weighted by atomic mass is 10.0. The summed E-state index contributed by atoms with van der Waals surface area (Å²) in [5, 5.41) is 16.5. The molecule has 0 aliphatic rings. The molecule has 0 radical (unpaired) electrons. The number of carbonyl (C=O) groups excluding carboxylic acids is 2. The van der Waals surface area contributed by atoms with Crippen LogP contribution < -0.4 is 10.6 Å². The molecule has 2 amide bonds. The molecule has 0 bridgehead atoms. The SMILES string of the molecule is CCNC(=O)CN(CC)[C@H](C(=O)Nc1ccc(Cl)c([N+](=O)[O-])c1)c1ccccc1. The molecule has 0 aromatic heterocycles. The van der Waals surface area contributed by atoms with Crippen molar-refractivity contribution in [3.63, 3.8) is 0 Å². The summed E-state index contributed by atoms with van der Waals surface area (Å²) in [6.45, 7) is 4.66. The van der Waals surface area contributed by atoms with Crippen molar-refractivity contribution in [1.82, 2.24) is 10.2 Å². The number of likely N-dealkylation sites (N-methyl/N-ethyl adjacent to an activating group) is 2. The molecule has 0 spiro atoms. The van der Waals surface area contributed by atoms with Crippen molar-refractivity contribution in [2.24, 2.45) is 0 Å². The standard InChI is InChI=1S/C20H23ClN4O4/c1-3-22-18(26)13-24(4-2)19(14-8-6-5-7-9-14)20(27)23-15-10-11-16(21)17(12-15)25(28)29/h5-12,19H,3-4,13H2,1-2H3,(H,22,26)(H,23,27)/t19-/m0/s1. The van der Waals surface area contributed by atoms with Crippen LogP contribution in [0.15, 0.2) is 48.5 Å². The van der Waals surface area contributed by atoms with Crippen LogP contribution in [0, 0.1) is 10.1 Å². The highest BCUT2D eigenvalue weighted by Gasteiger charge is 2.28. The van der Waals surface area contributed by atoms with Crippen LogP contribution >= 0.6 is 11.6 Å². The molecule has 0 unspecified atom stereocenters. The molecule has 154 valence electrons. The fourth-order valence-corrected chi connectivity index (χ4v) is 3.11. The van der Waals surface area contributed by atoms with Crippen molar-refractivity contribution in [1.29, 1.82) is 0 Å². The largest absolute Gasteiger partial charge is 0.355 e. The monoisotopic (exact) mass is 418 g/mol. The predicted molar refractivity (Wildman–Crippen MR) is 112 cm³/mol. The summed E-state index contributed by atoms with van der Waals surface area (Å²) in [7, 11) is 0. The quantitative estimate of drug-likeness (QED) is 0.479. The third-order valence-electron chi connectivity index (χ3n) is 4.27. The zero-order chi connectivity index (χ0) is 21.4. The molecular weight excluding hydrogens is 396 g/mol. The molecule has 0 aliphatic heterocycles. The first kappa shape index (κ1) is 22.3. The summed E-state index contributed by atoms with van der Waals surface area (Å²) in [5.41, 5.74) is 0.663. The highest BCUT2D eigenvalue weighted by Crippen LogP contribution is 2.29. The summed E-state index contributed by atoms with van der Waals surface area (Å²) >= 11 is 5.84. The molecule has 2 rings (SSSR count). The lowest BCUT2D eigenvalue weighted by Crippen LogP contribution is -2.43.